The molecule has 2 amide bonds. The van der Waals surface area contributed by atoms with Crippen LogP contribution in [0.4, 0.5) is 5.69 Å². The van der Waals surface area contributed by atoms with E-state index in [4.69, 9.17) is 0 Å². The number of amides is 2. The highest BCUT2D eigenvalue weighted by atomic mass is 16.2. The maximum absolute atomic E-state index is 12.9. The molecule has 1 saturated carbocycles. The summed E-state index contributed by atoms with van der Waals surface area (Å²) in [5.74, 6) is -0.229. The Morgan fingerprint density at radius 3 is 2.19 bits per heavy atom. The fourth-order valence-electron chi connectivity index (χ4n) is 2.43. The monoisotopic (exact) mass is 288 g/mol. The summed E-state index contributed by atoms with van der Waals surface area (Å²) >= 11 is 0. The first-order valence-electron chi connectivity index (χ1n) is 7.50. The van der Waals surface area contributed by atoms with Crippen LogP contribution in [0, 0.1) is 5.41 Å². The number of carbonyl (C=O) groups excluding carboxylic acids is 2. The first-order valence-corrected chi connectivity index (χ1v) is 7.50. The summed E-state index contributed by atoms with van der Waals surface area (Å²) in [6.45, 7) is 8.29. The molecule has 0 aliphatic heterocycles. The SMILES string of the molecule is CCN(C(=O)C1(C(=O)NC(C)(C)C)CC1)c1ccccc1. The summed E-state index contributed by atoms with van der Waals surface area (Å²) in [6, 6.07) is 9.53. The van der Waals surface area contributed by atoms with Crippen molar-refractivity contribution in [2.45, 2.75) is 46.1 Å². The number of anilines is 1. The van der Waals surface area contributed by atoms with Gasteiger partial charge in [-0.3, -0.25) is 9.59 Å². The van der Waals surface area contributed by atoms with Crippen molar-refractivity contribution >= 4 is 17.5 Å². The Labute approximate surface area is 126 Å². The lowest BCUT2D eigenvalue weighted by Crippen LogP contribution is -2.50. The number of benzene rings is 1. The van der Waals surface area contributed by atoms with Gasteiger partial charge >= 0.3 is 0 Å². The summed E-state index contributed by atoms with van der Waals surface area (Å²) in [6.07, 6.45) is 1.27. The minimum atomic E-state index is -0.862. The van der Waals surface area contributed by atoms with E-state index in [1.807, 2.05) is 58.0 Å². The number of rotatable bonds is 4. The molecular formula is C17H24N2O2. The maximum Gasteiger partial charge on any atom is 0.242 e. The van der Waals surface area contributed by atoms with E-state index < -0.39 is 5.41 Å². The van der Waals surface area contributed by atoms with Crippen LogP contribution in [0.1, 0.15) is 40.5 Å². The average molecular weight is 288 g/mol. The van der Waals surface area contributed by atoms with Crippen LogP contribution >= 0.6 is 0 Å². The molecule has 0 atom stereocenters. The van der Waals surface area contributed by atoms with Crippen LogP contribution in [-0.4, -0.2) is 23.9 Å². The number of hydrogen-bond donors (Lipinski definition) is 1. The molecule has 1 aromatic carbocycles. The lowest BCUT2D eigenvalue weighted by atomic mass is 10.0. The van der Waals surface area contributed by atoms with Crippen LogP contribution in [0.25, 0.3) is 0 Å². The van der Waals surface area contributed by atoms with Gasteiger partial charge < -0.3 is 10.2 Å². The van der Waals surface area contributed by atoms with Crippen molar-refractivity contribution in [3.8, 4) is 0 Å². The van der Waals surface area contributed by atoms with Gasteiger partial charge in [-0.15, -0.1) is 0 Å². The first kappa shape index (κ1) is 15.5. The zero-order valence-corrected chi connectivity index (χ0v) is 13.3. The zero-order valence-electron chi connectivity index (χ0n) is 13.3. The third-order valence-corrected chi connectivity index (χ3v) is 3.71. The van der Waals surface area contributed by atoms with Gasteiger partial charge in [0.1, 0.15) is 5.41 Å². The van der Waals surface area contributed by atoms with E-state index in [1.165, 1.54) is 0 Å². The van der Waals surface area contributed by atoms with E-state index in [0.717, 1.165) is 5.69 Å². The highest BCUT2D eigenvalue weighted by Gasteiger charge is 2.58. The van der Waals surface area contributed by atoms with Crippen molar-refractivity contribution in [3.05, 3.63) is 30.3 Å². The molecule has 4 heteroatoms. The molecule has 2 rings (SSSR count). The molecule has 0 radical (unpaired) electrons. The van der Waals surface area contributed by atoms with E-state index in [0.29, 0.717) is 19.4 Å². The Kier molecular flexibility index (Phi) is 4.08. The number of nitrogens with zero attached hydrogens (tertiary/aromatic N) is 1. The van der Waals surface area contributed by atoms with Crippen LogP contribution in [0.5, 0.6) is 0 Å². The third-order valence-electron chi connectivity index (χ3n) is 3.71. The van der Waals surface area contributed by atoms with Gasteiger partial charge in [0.05, 0.1) is 0 Å². The van der Waals surface area contributed by atoms with Crippen molar-refractivity contribution < 1.29 is 9.59 Å². The molecular weight excluding hydrogens is 264 g/mol. The fraction of sp³-hybridized carbons (Fsp3) is 0.529. The van der Waals surface area contributed by atoms with Crippen LogP contribution in [0.15, 0.2) is 30.3 Å². The van der Waals surface area contributed by atoms with Crippen molar-refractivity contribution in [2.75, 3.05) is 11.4 Å². The molecule has 114 valence electrons. The van der Waals surface area contributed by atoms with Gasteiger partial charge in [0.15, 0.2) is 0 Å². The summed E-state index contributed by atoms with van der Waals surface area (Å²) in [7, 11) is 0. The van der Waals surface area contributed by atoms with E-state index in [-0.39, 0.29) is 17.4 Å². The highest BCUT2D eigenvalue weighted by molar-refractivity contribution is 6.14. The van der Waals surface area contributed by atoms with Gasteiger partial charge in [0.2, 0.25) is 11.8 Å². The lowest BCUT2D eigenvalue weighted by Gasteiger charge is -2.28. The molecule has 0 unspecified atom stereocenters. The van der Waals surface area contributed by atoms with Crippen LogP contribution in [-0.2, 0) is 9.59 Å². The van der Waals surface area contributed by atoms with Gasteiger partial charge in [-0.1, -0.05) is 18.2 Å². The molecule has 1 aromatic rings. The van der Waals surface area contributed by atoms with E-state index in [2.05, 4.69) is 5.32 Å². The predicted molar refractivity (Wildman–Crippen MR) is 84.0 cm³/mol. The summed E-state index contributed by atoms with van der Waals surface area (Å²) in [4.78, 5) is 27.0. The van der Waals surface area contributed by atoms with Crippen molar-refractivity contribution in [1.82, 2.24) is 5.32 Å². The Balaban J connectivity index is 2.20. The molecule has 0 aromatic heterocycles. The lowest BCUT2D eigenvalue weighted by molar-refractivity contribution is -0.136. The molecule has 0 saturated heterocycles. The standard InChI is InChI=1S/C17H24N2O2/c1-5-19(13-9-7-6-8-10-13)15(21)17(11-12-17)14(20)18-16(2,3)4/h6-10H,5,11-12H2,1-4H3,(H,18,20). The fourth-order valence-corrected chi connectivity index (χ4v) is 2.43. The number of hydrogen-bond acceptors (Lipinski definition) is 2. The van der Waals surface area contributed by atoms with Crippen molar-refractivity contribution in [2.24, 2.45) is 5.41 Å². The predicted octanol–water partition coefficient (Wildman–Crippen LogP) is 2.73. The maximum atomic E-state index is 12.9. The normalized spacial score (nSPS) is 16.2. The molecule has 1 aliphatic rings. The molecule has 0 bridgehead atoms. The van der Waals surface area contributed by atoms with Gasteiger partial charge in [-0.05, 0) is 52.7 Å². The van der Waals surface area contributed by atoms with E-state index in [9.17, 15) is 9.59 Å². The van der Waals surface area contributed by atoms with Gasteiger partial charge in [0.25, 0.3) is 0 Å². The minimum absolute atomic E-state index is 0.0852. The molecule has 1 N–H and O–H groups in total. The van der Waals surface area contributed by atoms with Crippen LogP contribution in [0.3, 0.4) is 0 Å². The largest absolute Gasteiger partial charge is 0.351 e. The van der Waals surface area contributed by atoms with E-state index >= 15 is 0 Å². The van der Waals surface area contributed by atoms with Gasteiger partial charge in [0, 0.05) is 17.8 Å². The van der Waals surface area contributed by atoms with Crippen molar-refractivity contribution in [1.29, 1.82) is 0 Å². The van der Waals surface area contributed by atoms with Gasteiger partial charge in [-0.2, -0.15) is 0 Å². The smallest absolute Gasteiger partial charge is 0.242 e. The number of para-hydroxylation sites is 1. The van der Waals surface area contributed by atoms with Crippen molar-refractivity contribution in [3.63, 3.8) is 0 Å². The Bertz CT molecular complexity index is 527. The summed E-state index contributed by atoms with van der Waals surface area (Å²) < 4.78 is 0. The molecule has 4 nitrogen and oxygen atoms in total. The van der Waals surface area contributed by atoms with Crippen LogP contribution in [0.2, 0.25) is 0 Å². The second-order valence-electron chi connectivity index (χ2n) is 6.67. The first-order chi connectivity index (χ1) is 9.80. The zero-order chi connectivity index (χ0) is 15.7. The topological polar surface area (TPSA) is 49.4 Å². The summed E-state index contributed by atoms with van der Waals surface area (Å²) in [5.41, 5.74) is -0.338. The number of carbonyl (C=O) groups is 2. The number of nitrogens with one attached hydrogen (secondary N) is 1. The Morgan fingerprint density at radius 1 is 1.19 bits per heavy atom. The molecule has 21 heavy (non-hydrogen) atoms. The van der Waals surface area contributed by atoms with Crippen LogP contribution < -0.4 is 10.2 Å². The molecule has 0 spiro atoms. The summed E-state index contributed by atoms with van der Waals surface area (Å²) in [5, 5.41) is 2.95. The van der Waals surface area contributed by atoms with E-state index in [1.54, 1.807) is 4.90 Å². The second-order valence-corrected chi connectivity index (χ2v) is 6.67. The quantitative estimate of drug-likeness (QED) is 0.866. The Morgan fingerprint density at radius 2 is 1.76 bits per heavy atom. The Hall–Kier alpha value is -1.84. The van der Waals surface area contributed by atoms with Gasteiger partial charge in [-0.25, -0.2) is 0 Å². The molecule has 0 heterocycles. The average Bonchev–Trinajstić information content (AvgIpc) is 3.20. The third kappa shape index (κ3) is 3.26. The molecule has 1 aliphatic carbocycles. The molecule has 1 fully saturated rings. The second kappa shape index (κ2) is 5.51. The minimum Gasteiger partial charge on any atom is -0.351 e. The highest BCUT2D eigenvalue weighted by Crippen LogP contribution is 2.48.